The van der Waals surface area contributed by atoms with E-state index in [9.17, 15) is 13.2 Å². The third kappa shape index (κ3) is 3.47. The van der Waals surface area contributed by atoms with Gasteiger partial charge in [-0.2, -0.15) is 13.2 Å². The Morgan fingerprint density at radius 2 is 1.58 bits per heavy atom. The summed E-state index contributed by atoms with van der Waals surface area (Å²) in [5.41, 5.74) is 0.358. The molecule has 1 saturated heterocycles. The van der Waals surface area contributed by atoms with Crippen molar-refractivity contribution in [3.63, 3.8) is 0 Å². The number of benzene rings is 1. The zero-order valence-corrected chi connectivity index (χ0v) is 15.8. The van der Waals surface area contributed by atoms with E-state index in [-0.39, 0.29) is 17.1 Å². The fourth-order valence-electron chi connectivity index (χ4n) is 4.09. The standard InChI is InChI=1S/C19H26F3N3O/c1-17(2)11-14(12-18(3,4)24(17)5)25-15(13-9-7-6-8-10-13)23-16(26-25)19(20,21)22/h6-10,14-15H,11-12H2,1-5H3. The number of aliphatic imine (C=N–C) groups is 1. The Balaban J connectivity index is 1.95. The molecule has 1 aromatic carbocycles. The van der Waals surface area contributed by atoms with Gasteiger partial charge in [-0.25, -0.2) is 4.99 Å². The Morgan fingerprint density at radius 1 is 1.04 bits per heavy atom. The van der Waals surface area contributed by atoms with E-state index in [1.165, 1.54) is 5.06 Å². The lowest BCUT2D eigenvalue weighted by atomic mass is 9.77. The van der Waals surface area contributed by atoms with Crippen LogP contribution < -0.4 is 0 Å². The third-order valence-electron chi connectivity index (χ3n) is 5.66. The maximum atomic E-state index is 13.3. The van der Waals surface area contributed by atoms with Gasteiger partial charge in [0.15, 0.2) is 6.17 Å². The summed E-state index contributed by atoms with van der Waals surface area (Å²) < 4.78 is 39.8. The maximum absolute atomic E-state index is 13.3. The van der Waals surface area contributed by atoms with E-state index in [2.05, 4.69) is 44.6 Å². The number of piperidine rings is 1. The summed E-state index contributed by atoms with van der Waals surface area (Å²) in [7, 11) is 2.06. The molecule has 0 saturated carbocycles. The van der Waals surface area contributed by atoms with Crippen molar-refractivity contribution in [2.45, 2.75) is 70.0 Å². The molecule has 1 aromatic rings. The van der Waals surface area contributed by atoms with Gasteiger partial charge in [-0.05, 0) is 53.1 Å². The Morgan fingerprint density at radius 3 is 2.08 bits per heavy atom. The fourth-order valence-corrected chi connectivity index (χ4v) is 4.09. The van der Waals surface area contributed by atoms with Crippen molar-refractivity contribution in [2.24, 2.45) is 4.99 Å². The van der Waals surface area contributed by atoms with Crippen LogP contribution in [-0.2, 0) is 4.84 Å². The number of hydrogen-bond acceptors (Lipinski definition) is 4. The normalized spacial score (nSPS) is 27.2. The zero-order valence-electron chi connectivity index (χ0n) is 15.8. The summed E-state index contributed by atoms with van der Waals surface area (Å²) in [6.07, 6.45) is -4.00. The van der Waals surface area contributed by atoms with E-state index in [0.717, 1.165) is 0 Å². The Kier molecular flexibility index (Phi) is 4.60. The van der Waals surface area contributed by atoms with Gasteiger partial charge in [0.1, 0.15) is 0 Å². The molecule has 7 heteroatoms. The Labute approximate surface area is 152 Å². The van der Waals surface area contributed by atoms with Gasteiger partial charge < -0.3 is 4.84 Å². The lowest BCUT2D eigenvalue weighted by Gasteiger charge is -2.55. The first kappa shape index (κ1) is 19.2. The van der Waals surface area contributed by atoms with E-state index in [1.807, 2.05) is 6.07 Å². The highest BCUT2D eigenvalue weighted by molar-refractivity contribution is 5.82. The quantitative estimate of drug-likeness (QED) is 0.766. The molecular formula is C19H26F3N3O. The minimum Gasteiger partial charge on any atom is -0.378 e. The number of likely N-dealkylation sites (tertiary alicyclic amines) is 1. The molecule has 0 bridgehead atoms. The molecule has 1 atom stereocenters. The van der Waals surface area contributed by atoms with Gasteiger partial charge in [0.25, 0.3) is 0 Å². The van der Waals surface area contributed by atoms with E-state index >= 15 is 0 Å². The van der Waals surface area contributed by atoms with E-state index in [0.29, 0.717) is 18.4 Å². The van der Waals surface area contributed by atoms with Crippen LogP contribution in [0.3, 0.4) is 0 Å². The number of rotatable bonds is 2. The zero-order chi connectivity index (χ0) is 19.3. The molecule has 144 valence electrons. The predicted octanol–water partition coefficient (Wildman–Crippen LogP) is 4.54. The van der Waals surface area contributed by atoms with E-state index in [1.54, 1.807) is 24.3 Å². The van der Waals surface area contributed by atoms with Gasteiger partial charge in [0.2, 0.25) is 0 Å². The van der Waals surface area contributed by atoms with Crippen molar-refractivity contribution in [3.8, 4) is 0 Å². The summed E-state index contributed by atoms with van der Waals surface area (Å²) in [6.45, 7) is 8.44. The van der Waals surface area contributed by atoms with Crippen LogP contribution in [-0.4, -0.2) is 46.2 Å². The smallest absolute Gasteiger partial charge is 0.378 e. The first-order valence-corrected chi connectivity index (χ1v) is 8.82. The first-order valence-electron chi connectivity index (χ1n) is 8.82. The van der Waals surface area contributed by atoms with Crippen LogP contribution in [0.1, 0.15) is 52.3 Å². The maximum Gasteiger partial charge on any atom is 0.470 e. The minimum absolute atomic E-state index is 0.169. The van der Waals surface area contributed by atoms with E-state index < -0.39 is 18.2 Å². The molecule has 0 N–H and O–H groups in total. The van der Waals surface area contributed by atoms with Gasteiger partial charge in [-0.15, -0.1) is 5.06 Å². The fraction of sp³-hybridized carbons (Fsp3) is 0.632. The van der Waals surface area contributed by atoms with Gasteiger partial charge in [-0.3, -0.25) is 4.90 Å². The van der Waals surface area contributed by atoms with Crippen LogP contribution in [0.2, 0.25) is 0 Å². The lowest BCUT2D eigenvalue weighted by molar-refractivity contribution is -0.183. The number of nitrogens with zero attached hydrogens (tertiary/aromatic N) is 3. The molecule has 2 aliphatic rings. The van der Waals surface area contributed by atoms with Gasteiger partial charge in [0.05, 0.1) is 6.04 Å². The van der Waals surface area contributed by atoms with Crippen molar-refractivity contribution < 1.29 is 18.0 Å². The summed E-state index contributed by atoms with van der Waals surface area (Å²) >= 11 is 0. The highest BCUT2D eigenvalue weighted by Crippen LogP contribution is 2.44. The number of hydrogen-bond donors (Lipinski definition) is 0. The largest absolute Gasteiger partial charge is 0.470 e. The minimum atomic E-state index is -4.60. The van der Waals surface area contributed by atoms with Crippen molar-refractivity contribution in [1.29, 1.82) is 0 Å². The summed E-state index contributed by atoms with van der Waals surface area (Å²) in [5, 5.41) is 1.45. The van der Waals surface area contributed by atoms with Crippen molar-refractivity contribution in [3.05, 3.63) is 35.9 Å². The summed E-state index contributed by atoms with van der Waals surface area (Å²) in [6, 6.07) is 8.84. The van der Waals surface area contributed by atoms with Crippen molar-refractivity contribution >= 4 is 5.90 Å². The Bertz CT molecular complexity index is 667. The van der Waals surface area contributed by atoms with E-state index in [4.69, 9.17) is 4.84 Å². The van der Waals surface area contributed by atoms with Gasteiger partial charge >= 0.3 is 12.1 Å². The van der Waals surface area contributed by atoms with Crippen LogP contribution in [0.5, 0.6) is 0 Å². The average molecular weight is 369 g/mol. The molecule has 0 radical (unpaired) electrons. The number of halogens is 3. The highest BCUT2D eigenvalue weighted by atomic mass is 19.4. The molecule has 1 fully saturated rings. The van der Waals surface area contributed by atoms with Crippen LogP contribution >= 0.6 is 0 Å². The molecule has 0 spiro atoms. The second-order valence-electron chi connectivity index (χ2n) is 8.41. The predicted molar refractivity (Wildman–Crippen MR) is 94.5 cm³/mol. The molecule has 0 aromatic heterocycles. The molecule has 1 unspecified atom stereocenters. The Hall–Kier alpha value is -1.60. The van der Waals surface area contributed by atoms with Crippen LogP contribution in [0, 0.1) is 0 Å². The molecule has 2 aliphatic heterocycles. The number of hydroxylamine groups is 2. The van der Waals surface area contributed by atoms with Crippen molar-refractivity contribution in [2.75, 3.05) is 7.05 Å². The summed E-state index contributed by atoms with van der Waals surface area (Å²) in [4.78, 5) is 11.5. The first-order chi connectivity index (χ1) is 11.9. The van der Waals surface area contributed by atoms with Crippen LogP contribution in [0.4, 0.5) is 13.2 Å². The monoisotopic (exact) mass is 369 g/mol. The second-order valence-corrected chi connectivity index (χ2v) is 8.41. The molecule has 26 heavy (non-hydrogen) atoms. The SMILES string of the molecule is CN1C(C)(C)CC(N2OC(C(F)(F)F)=NC2c2ccccc2)CC1(C)C. The lowest BCUT2D eigenvalue weighted by Crippen LogP contribution is -2.62. The molecule has 3 rings (SSSR count). The second kappa shape index (κ2) is 6.23. The summed E-state index contributed by atoms with van der Waals surface area (Å²) in [5.74, 6) is -1.17. The highest BCUT2D eigenvalue weighted by Gasteiger charge is 2.52. The average Bonchev–Trinajstić information content (AvgIpc) is 2.98. The van der Waals surface area contributed by atoms with Gasteiger partial charge in [0, 0.05) is 11.1 Å². The molecule has 0 aliphatic carbocycles. The van der Waals surface area contributed by atoms with Crippen LogP contribution in [0.25, 0.3) is 0 Å². The van der Waals surface area contributed by atoms with Crippen molar-refractivity contribution in [1.82, 2.24) is 9.96 Å². The molecule has 2 heterocycles. The molecular weight excluding hydrogens is 343 g/mol. The van der Waals surface area contributed by atoms with Crippen LogP contribution in [0.15, 0.2) is 35.3 Å². The number of alkyl halides is 3. The molecule has 0 amide bonds. The topological polar surface area (TPSA) is 28.1 Å². The third-order valence-corrected chi connectivity index (χ3v) is 5.66. The van der Waals surface area contributed by atoms with Gasteiger partial charge in [-0.1, -0.05) is 30.3 Å². The molecule has 4 nitrogen and oxygen atoms in total.